The largest absolute Gasteiger partial charge is 0.326 e. The van der Waals surface area contributed by atoms with E-state index in [-0.39, 0.29) is 11.9 Å². The minimum atomic E-state index is -0.742. The SMILES string of the molecule is CCCCN(CCCC)CN1C(=O)NC(=O)C1(C)C. The fraction of sp³-hybridized carbons (Fsp3) is 0.857. The Labute approximate surface area is 116 Å². The van der Waals surface area contributed by atoms with Crippen molar-refractivity contribution in [2.75, 3.05) is 19.8 Å². The first kappa shape index (κ1) is 16.0. The smallest absolute Gasteiger partial charge is 0.297 e. The van der Waals surface area contributed by atoms with Crippen LogP contribution in [0.4, 0.5) is 4.79 Å². The van der Waals surface area contributed by atoms with E-state index in [4.69, 9.17) is 0 Å². The topological polar surface area (TPSA) is 52.6 Å². The Morgan fingerprint density at radius 2 is 1.63 bits per heavy atom. The number of urea groups is 1. The van der Waals surface area contributed by atoms with E-state index in [1.165, 1.54) is 0 Å². The van der Waals surface area contributed by atoms with Crippen LogP contribution in [-0.4, -0.2) is 47.0 Å². The highest BCUT2D eigenvalue weighted by Gasteiger charge is 2.45. The molecule has 19 heavy (non-hydrogen) atoms. The zero-order valence-electron chi connectivity index (χ0n) is 12.7. The number of carbonyl (C=O) groups is 2. The van der Waals surface area contributed by atoms with Crippen LogP contribution in [0.1, 0.15) is 53.4 Å². The van der Waals surface area contributed by atoms with Crippen molar-refractivity contribution in [2.45, 2.75) is 58.9 Å². The average Bonchev–Trinajstić information content (AvgIpc) is 2.54. The molecule has 1 heterocycles. The highest BCUT2D eigenvalue weighted by Crippen LogP contribution is 2.21. The summed E-state index contributed by atoms with van der Waals surface area (Å²) in [6.45, 7) is 10.4. The third-order valence-electron chi connectivity index (χ3n) is 3.69. The van der Waals surface area contributed by atoms with Crippen LogP contribution >= 0.6 is 0 Å². The fourth-order valence-corrected chi connectivity index (χ4v) is 2.15. The van der Waals surface area contributed by atoms with E-state index in [2.05, 4.69) is 24.1 Å². The van der Waals surface area contributed by atoms with E-state index in [1.54, 1.807) is 18.7 Å². The number of amides is 3. The molecule has 0 aromatic rings. The summed E-state index contributed by atoms with van der Waals surface area (Å²) in [6, 6.07) is -0.270. The Morgan fingerprint density at radius 1 is 1.11 bits per heavy atom. The lowest BCUT2D eigenvalue weighted by atomic mass is 10.1. The average molecular weight is 269 g/mol. The molecule has 0 saturated carbocycles. The van der Waals surface area contributed by atoms with Gasteiger partial charge in [0, 0.05) is 0 Å². The number of nitrogens with one attached hydrogen (secondary N) is 1. The summed E-state index contributed by atoms with van der Waals surface area (Å²) in [7, 11) is 0. The van der Waals surface area contributed by atoms with Gasteiger partial charge in [-0.3, -0.25) is 19.9 Å². The number of carbonyl (C=O) groups excluding carboxylic acids is 2. The molecule has 0 spiro atoms. The van der Waals surface area contributed by atoms with Gasteiger partial charge in [-0.2, -0.15) is 0 Å². The number of rotatable bonds is 8. The van der Waals surface area contributed by atoms with E-state index in [9.17, 15) is 9.59 Å². The molecule has 3 amide bonds. The fourth-order valence-electron chi connectivity index (χ4n) is 2.15. The maximum absolute atomic E-state index is 11.9. The van der Waals surface area contributed by atoms with Crippen molar-refractivity contribution in [2.24, 2.45) is 0 Å². The molecule has 0 aliphatic carbocycles. The van der Waals surface area contributed by atoms with Gasteiger partial charge in [0.05, 0.1) is 6.67 Å². The second kappa shape index (κ2) is 6.89. The quantitative estimate of drug-likeness (QED) is 0.687. The van der Waals surface area contributed by atoms with Crippen LogP contribution in [0.3, 0.4) is 0 Å². The minimum absolute atomic E-state index is 0.205. The van der Waals surface area contributed by atoms with Crippen molar-refractivity contribution in [1.82, 2.24) is 15.1 Å². The molecule has 5 nitrogen and oxygen atoms in total. The Hall–Kier alpha value is -1.10. The number of hydrogen-bond donors (Lipinski definition) is 1. The predicted octanol–water partition coefficient (Wildman–Crippen LogP) is 2.18. The lowest BCUT2D eigenvalue weighted by Crippen LogP contribution is -2.50. The molecule has 1 saturated heterocycles. The summed E-state index contributed by atoms with van der Waals surface area (Å²) in [5, 5.41) is 2.40. The van der Waals surface area contributed by atoms with Crippen LogP contribution in [0.2, 0.25) is 0 Å². The Bertz CT molecular complexity index is 321. The van der Waals surface area contributed by atoms with Gasteiger partial charge in [0.25, 0.3) is 5.91 Å². The molecule has 0 bridgehead atoms. The van der Waals surface area contributed by atoms with E-state index in [0.29, 0.717) is 6.67 Å². The van der Waals surface area contributed by atoms with Gasteiger partial charge in [0.15, 0.2) is 0 Å². The molecule has 0 radical (unpaired) electrons. The predicted molar refractivity (Wildman–Crippen MR) is 75.7 cm³/mol. The van der Waals surface area contributed by atoms with Gasteiger partial charge in [-0.15, -0.1) is 0 Å². The highest BCUT2D eigenvalue weighted by atomic mass is 16.2. The third kappa shape index (κ3) is 3.93. The van der Waals surface area contributed by atoms with Crippen molar-refractivity contribution < 1.29 is 9.59 Å². The Balaban J connectivity index is 2.66. The summed E-state index contributed by atoms with van der Waals surface area (Å²) in [5.74, 6) is -0.205. The summed E-state index contributed by atoms with van der Waals surface area (Å²) in [5.41, 5.74) is -0.742. The van der Waals surface area contributed by atoms with E-state index < -0.39 is 5.54 Å². The molecule has 0 atom stereocenters. The summed E-state index contributed by atoms with van der Waals surface area (Å²) in [6.07, 6.45) is 4.51. The van der Waals surface area contributed by atoms with Gasteiger partial charge in [-0.1, -0.05) is 26.7 Å². The second-order valence-corrected chi connectivity index (χ2v) is 5.71. The molecule has 1 N–H and O–H groups in total. The molecule has 5 heteroatoms. The maximum atomic E-state index is 11.9. The molecule has 1 aliphatic heterocycles. The number of hydrogen-bond acceptors (Lipinski definition) is 3. The maximum Gasteiger partial charge on any atom is 0.326 e. The van der Waals surface area contributed by atoms with Crippen LogP contribution < -0.4 is 5.32 Å². The van der Waals surface area contributed by atoms with Gasteiger partial charge in [-0.25, -0.2) is 4.79 Å². The zero-order valence-corrected chi connectivity index (χ0v) is 12.7. The van der Waals surface area contributed by atoms with E-state index >= 15 is 0 Å². The molecular formula is C14H27N3O2. The number of imide groups is 1. The van der Waals surface area contributed by atoms with E-state index in [1.807, 2.05) is 0 Å². The first-order valence-corrected chi connectivity index (χ1v) is 7.28. The Kier molecular flexibility index (Phi) is 5.79. The molecule has 110 valence electrons. The molecular weight excluding hydrogens is 242 g/mol. The monoisotopic (exact) mass is 269 g/mol. The van der Waals surface area contributed by atoms with Gasteiger partial charge in [0.2, 0.25) is 0 Å². The second-order valence-electron chi connectivity index (χ2n) is 5.71. The van der Waals surface area contributed by atoms with Crippen LogP contribution in [0, 0.1) is 0 Å². The molecule has 0 aromatic carbocycles. The van der Waals surface area contributed by atoms with Gasteiger partial charge >= 0.3 is 6.03 Å². The van der Waals surface area contributed by atoms with E-state index in [0.717, 1.165) is 38.8 Å². The number of nitrogens with zero attached hydrogens (tertiary/aromatic N) is 2. The number of unbranched alkanes of at least 4 members (excludes halogenated alkanes) is 2. The van der Waals surface area contributed by atoms with Crippen LogP contribution in [0.25, 0.3) is 0 Å². The lowest BCUT2D eigenvalue weighted by Gasteiger charge is -2.33. The van der Waals surface area contributed by atoms with Crippen molar-refractivity contribution in [3.63, 3.8) is 0 Å². The van der Waals surface area contributed by atoms with Gasteiger partial charge < -0.3 is 0 Å². The summed E-state index contributed by atoms with van der Waals surface area (Å²) >= 11 is 0. The zero-order chi connectivity index (χ0) is 14.5. The highest BCUT2D eigenvalue weighted by molar-refractivity contribution is 6.06. The van der Waals surface area contributed by atoms with Gasteiger partial charge in [0.1, 0.15) is 5.54 Å². The van der Waals surface area contributed by atoms with Crippen LogP contribution in [0.15, 0.2) is 0 Å². The molecule has 1 rings (SSSR count). The van der Waals surface area contributed by atoms with Crippen molar-refractivity contribution >= 4 is 11.9 Å². The van der Waals surface area contributed by atoms with Crippen molar-refractivity contribution in [3.8, 4) is 0 Å². The molecule has 1 fully saturated rings. The minimum Gasteiger partial charge on any atom is -0.297 e. The summed E-state index contributed by atoms with van der Waals surface area (Å²) < 4.78 is 0. The van der Waals surface area contributed by atoms with Crippen molar-refractivity contribution in [3.05, 3.63) is 0 Å². The normalized spacial score (nSPS) is 18.3. The first-order valence-electron chi connectivity index (χ1n) is 7.28. The molecule has 0 unspecified atom stereocenters. The van der Waals surface area contributed by atoms with Crippen LogP contribution in [-0.2, 0) is 4.79 Å². The van der Waals surface area contributed by atoms with Crippen LogP contribution in [0.5, 0.6) is 0 Å². The molecule has 0 aromatic heterocycles. The summed E-state index contributed by atoms with van der Waals surface area (Å²) in [4.78, 5) is 27.5. The Morgan fingerprint density at radius 3 is 2.00 bits per heavy atom. The standard InChI is InChI=1S/C14H27N3O2/c1-5-7-9-16(10-8-6-2)11-17-13(19)15-12(18)14(17,3)4/h5-11H2,1-4H3,(H,15,18,19). The molecule has 1 aliphatic rings. The first-order chi connectivity index (χ1) is 8.93. The lowest BCUT2D eigenvalue weighted by molar-refractivity contribution is -0.125. The van der Waals surface area contributed by atoms with Crippen molar-refractivity contribution in [1.29, 1.82) is 0 Å². The third-order valence-corrected chi connectivity index (χ3v) is 3.69. The van der Waals surface area contributed by atoms with Gasteiger partial charge in [-0.05, 0) is 39.8 Å².